The predicted octanol–water partition coefficient (Wildman–Crippen LogP) is 2.33. The third-order valence-electron chi connectivity index (χ3n) is 3.65. The molecular formula is C14H14ClNO2. The number of nitrogens with zero attached hydrogens (tertiary/aromatic N) is 1. The Labute approximate surface area is 111 Å². The van der Waals surface area contributed by atoms with E-state index in [0.717, 1.165) is 36.2 Å². The second kappa shape index (κ2) is 4.39. The fraction of sp³-hybridized carbons (Fsp3) is 0.429. The van der Waals surface area contributed by atoms with Crippen LogP contribution in [0.1, 0.15) is 34.3 Å². The van der Waals surface area contributed by atoms with Gasteiger partial charge in [-0.1, -0.05) is 0 Å². The summed E-state index contributed by atoms with van der Waals surface area (Å²) in [4.78, 5) is 25.7. The zero-order valence-electron chi connectivity index (χ0n) is 10.0. The molecular weight excluding hydrogens is 250 g/mol. The van der Waals surface area contributed by atoms with Crippen molar-refractivity contribution in [2.75, 3.05) is 17.3 Å². The molecule has 94 valence electrons. The van der Waals surface area contributed by atoms with Gasteiger partial charge >= 0.3 is 0 Å². The molecule has 0 saturated carbocycles. The molecule has 0 bridgehead atoms. The van der Waals surface area contributed by atoms with Crippen molar-refractivity contribution >= 4 is 29.0 Å². The van der Waals surface area contributed by atoms with E-state index in [0.29, 0.717) is 24.3 Å². The summed E-state index contributed by atoms with van der Waals surface area (Å²) in [6.45, 7) is 0.813. The van der Waals surface area contributed by atoms with Crippen molar-refractivity contribution in [3.63, 3.8) is 0 Å². The molecule has 0 fully saturated rings. The minimum absolute atomic E-state index is 0.0699. The highest BCUT2D eigenvalue weighted by Crippen LogP contribution is 2.37. The first-order valence-corrected chi connectivity index (χ1v) is 6.79. The number of rotatable bonds is 3. The number of anilines is 1. The molecule has 1 aromatic carbocycles. The van der Waals surface area contributed by atoms with Crippen LogP contribution >= 0.6 is 11.6 Å². The normalized spacial score (nSPS) is 16.9. The van der Waals surface area contributed by atoms with Crippen molar-refractivity contribution in [3.05, 3.63) is 28.8 Å². The van der Waals surface area contributed by atoms with E-state index in [2.05, 4.69) is 0 Å². The van der Waals surface area contributed by atoms with Crippen LogP contribution < -0.4 is 4.90 Å². The summed E-state index contributed by atoms with van der Waals surface area (Å²) in [5.74, 6) is 0.574. The van der Waals surface area contributed by atoms with Crippen molar-refractivity contribution in [1.29, 1.82) is 0 Å². The van der Waals surface area contributed by atoms with E-state index in [9.17, 15) is 9.59 Å². The largest absolute Gasteiger partial charge is 0.312 e. The number of alkyl halides is 1. The maximum atomic E-state index is 11.9. The summed E-state index contributed by atoms with van der Waals surface area (Å²) in [5, 5.41) is 0. The molecule has 0 unspecified atom stereocenters. The topological polar surface area (TPSA) is 37.4 Å². The van der Waals surface area contributed by atoms with Crippen LogP contribution in [0.5, 0.6) is 0 Å². The molecule has 0 saturated heterocycles. The number of benzene rings is 1. The molecule has 3 nitrogen and oxygen atoms in total. The number of Topliss-reactive ketones (excluding diaryl/α,β-unsaturated/α-hetero) is 1. The van der Waals surface area contributed by atoms with Crippen LogP contribution in [0.4, 0.5) is 5.69 Å². The van der Waals surface area contributed by atoms with Crippen molar-refractivity contribution in [1.82, 2.24) is 0 Å². The molecule has 0 N–H and O–H groups in total. The summed E-state index contributed by atoms with van der Waals surface area (Å²) in [6.07, 6.45) is 2.72. The Morgan fingerprint density at radius 3 is 2.89 bits per heavy atom. The lowest BCUT2D eigenvalue weighted by atomic mass is 9.95. The summed E-state index contributed by atoms with van der Waals surface area (Å²) in [7, 11) is 0. The molecule has 0 aliphatic carbocycles. The Morgan fingerprint density at radius 1 is 1.33 bits per heavy atom. The average Bonchev–Trinajstić information content (AvgIpc) is 2.68. The average molecular weight is 264 g/mol. The molecule has 4 heteroatoms. The predicted molar refractivity (Wildman–Crippen MR) is 70.5 cm³/mol. The number of hydrogen-bond donors (Lipinski definition) is 0. The highest BCUT2D eigenvalue weighted by molar-refractivity contribution is 6.19. The summed E-state index contributed by atoms with van der Waals surface area (Å²) in [6, 6.07) is 3.81. The number of ketones is 1. The fourth-order valence-corrected chi connectivity index (χ4v) is 3.04. The van der Waals surface area contributed by atoms with Gasteiger partial charge in [-0.15, -0.1) is 11.6 Å². The maximum Gasteiger partial charge on any atom is 0.231 e. The van der Waals surface area contributed by atoms with Gasteiger partial charge in [0.25, 0.3) is 0 Å². The van der Waals surface area contributed by atoms with E-state index in [-0.39, 0.29) is 11.7 Å². The Hall–Kier alpha value is -1.35. The van der Waals surface area contributed by atoms with Crippen molar-refractivity contribution < 1.29 is 9.59 Å². The summed E-state index contributed by atoms with van der Waals surface area (Å²) >= 11 is 5.61. The number of aryl methyl sites for hydroxylation is 1. The van der Waals surface area contributed by atoms with Gasteiger partial charge < -0.3 is 4.90 Å². The van der Waals surface area contributed by atoms with E-state index in [1.165, 1.54) is 0 Å². The number of carbonyl (C=O) groups excluding carboxylic acids is 2. The Bertz CT molecular complexity index is 539. The van der Waals surface area contributed by atoms with Crippen LogP contribution in [0, 0.1) is 0 Å². The number of carbonyl (C=O) groups is 2. The maximum absolute atomic E-state index is 11.9. The molecule has 0 aromatic heterocycles. The van der Waals surface area contributed by atoms with E-state index >= 15 is 0 Å². The second-order valence-electron chi connectivity index (χ2n) is 4.83. The molecule has 2 aliphatic heterocycles. The zero-order chi connectivity index (χ0) is 12.7. The van der Waals surface area contributed by atoms with Gasteiger partial charge in [0, 0.05) is 24.4 Å². The van der Waals surface area contributed by atoms with Crippen LogP contribution in [-0.4, -0.2) is 24.1 Å². The van der Waals surface area contributed by atoms with Gasteiger partial charge in [-0.05, 0) is 36.1 Å². The van der Waals surface area contributed by atoms with Crippen LogP contribution in [0.2, 0.25) is 0 Å². The second-order valence-corrected chi connectivity index (χ2v) is 5.21. The first kappa shape index (κ1) is 11.7. The molecule has 3 rings (SSSR count). The quantitative estimate of drug-likeness (QED) is 0.620. The third kappa shape index (κ3) is 1.74. The molecule has 1 amide bonds. The van der Waals surface area contributed by atoms with Gasteiger partial charge in [0.2, 0.25) is 5.91 Å². The SMILES string of the molecule is O=C(CCCl)c1cc2c3c(c1)CC(=O)N3CCC2. The monoisotopic (exact) mass is 263 g/mol. The van der Waals surface area contributed by atoms with Crippen molar-refractivity contribution in [2.45, 2.75) is 25.7 Å². The Balaban J connectivity index is 2.06. The zero-order valence-corrected chi connectivity index (χ0v) is 10.8. The highest BCUT2D eigenvalue weighted by atomic mass is 35.5. The van der Waals surface area contributed by atoms with E-state index in [4.69, 9.17) is 11.6 Å². The molecule has 0 radical (unpaired) electrons. The van der Waals surface area contributed by atoms with Gasteiger partial charge in [-0.3, -0.25) is 9.59 Å². The van der Waals surface area contributed by atoms with Gasteiger partial charge in [0.15, 0.2) is 5.78 Å². The van der Waals surface area contributed by atoms with E-state index < -0.39 is 0 Å². The molecule has 2 heterocycles. The Morgan fingerprint density at radius 2 is 2.11 bits per heavy atom. The lowest BCUT2D eigenvalue weighted by Gasteiger charge is -2.25. The number of halogens is 1. The van der Waals surface area contributed by atoms with Crippen molar-refractivity contribution in [2.24, 2.45) is 0 Å². The smallest absolute Gasteiger partial charge is 0.231 e. The molecule has 0 spiro atoms. The third-order valence-corrected chi connectivity index (χ3v) is 3.84. The standard InChI is InChI=1S/C14H14ClNO2/c15-4-3-12(17)10-6-9-2-1-5-16-13(18)8-11(7-10)14(9)16/h6-7H,1-5,8H2. The molecule has 0 atom stereocenters. The van der Waals surface area contributed by atoms with Crippen LogP contribution in [0.25, 0.3) is 0 Å². The van der Waals surface area contributed by atoms with Gasteiger partial charge in [-0.2, -0.15) is 0 Å². The fourth-order valence-electron chi connectivity index (χ4n) is 2.87. The van der Waals surface area contributed by atoms with Crippen LogP contribution in [0.3, 0.4) is 0 Å². The Kier molecular flexibility index (Phi) is 2.86. The van der Waals surface area contributed by atoms with E-state index in [1.54, 1.807) is 0 Å². The lowest BCUT2D eigenvalue weighted by Crippen LogP contribution is -2.31. The molecule has 2 aliphatic rings. The van der Waals surface area contributed by atoms with Crippen LogP contribution in [0.15, 0.2) is 12.1 Å². The van der Waals surface area contributed by atoms with Gasteiger partial charge in [-0.25, -0.2) is 0 Å². The molecule has 18 heavy (non-hydrogen) atoms. The highest BCUT2D eigenvalue weighted by Gasteiger charge is 2.32. The number of amides is 1. The minimum atomic E-state index is 0.0699. The van der Waals surface area contributed by atoms with Crippen molar-refractivity contribution in [3.8, 4) is 0 Å². The summed E-state index contributed by atoms with van der Waals surface area (Å²) in [5.41, 5.74) is 3.92. The van der Waals surface area contributed by atoms with E-state index in [1.807, 2.05) is 17.0 Å². The number of hydrogen-bond acceptors (Lipinski definition) is 2. The lowest BCUT2D eigenvalue weighted by molar-refractivity contribution is -0.117. The summed E-state index contributed by atoms with van der Waals surface area (Å²) < 4.78 is 0. The minimum Gasteiger partial charge on any atom is -0.312 e. The molecule has 1 aromatic rings. The first-order chi connectivity index (χ1) is 8.70. The van der Waals surface area contributed by atoms with Gasteiger partial charge in [0.1, 0.15) is 0 Å². The van der Waals surface area contributed by atoms with Gasteiger partial charge in [0.05, 0.1) is 12.1 Å². The van der Waals surface area contributed by atoms with Crippen LogP contribution in [-0.2, 0) is 17.6 Å². The first-order valence-electron chi connectivity index (χ1n) is 6.26.